The molecular formula is C27H28ClN2O7S4+. The molecule has 1 aliphatic rings. The Morgan fingerprint density at radius 2 is 1.83 bits per heavy atom. The van der Waals surface area contributed by atoms with Crippen LogP contribution in [0, 0.1) is 0 Å². The summed E-state index contributed by atoms with van der Waals surface area (Å²) in [4.78, 5) is 3.01. The number of rotatable bonds is 11. The minimum Gasteiger partial charge on any atom is -0.464 e. The van der Waals surface area contributed by atoms with Crippen LogP contribution in [-0.2, 0) is 26.8 Å². The Balaban J connectivity index is 1.55. The molecule has 0 aliphatic carbocycles. The number of anilines is 1. The van der Waals surface area contributed by atoms with Gasteiger partial charge in [0.05, 0.1) is 33.9 Å². The molecular weight excluding hydrogens is 628 g/mol. The van der Waals surface area contributed by atoms with E-state index in [1.807, 2.05) is 48.2 Å². The molecule has 5 rings (SSSR count). The van der Waals surface area contributed by atoms with Gasteiger partial charge in [-0.2, -0.15) is 21.4 Å². The van der Waals surface area contributed by atoms with E-state index < -0.39 is 20.2 Å². The second-order valence-corrected chi connectivity index (χ2v) is 15.2. The van der Waals surface area contributed by atoms with Crippen molar-refractivity contribution in [1.29, 1.82) is 0 Å². The van der Waals surface area contributed by atoms with Gasteiger partial charge in [0, 0.05) is 29.0 Å². The maximum atomic E-state index is 11.4. The first kappa shape index (κ1) is 30.1. The number of thiazole rings is 1. The first-order valence-corrected chi connectivity index (χ1v) is 18.0. The molecule has 0 atom stereocenters. The molecule has 218 valence electrons. The van der Waals surface area contributed by atoms with Crippen molar-refractivity contribution in [1.82, 2.24) is 0 Å². The van der Waals surface area contributed by atoms with Gasteiger partial charge in [-0.3, -0.25) is 9.11 Å². The molecule has 2 N–H and O–H groups in total. The molecule has 0 radical (unpaired) electrons. The first-order valence-electron chi connectivity index (χ1n) is 12.8. The predicted octanol–water partition coefficient (Wildman–Crippen LogP) is 6.39. The average molecular weight is 656 g/mol. The largest absolute Gasteiger partial charge is 0.464 e. The number of aromatic nitrogens is 1. The minimum absolute atomic E-state index is 0.235. The van der Waals surface area contributed by atoms with Crippen LogP contribution in [0.3, 0.4) is 0 Å². The van der Waals surface area contributed by atoms with Crippen LogP contribution < -0.4 is 9.47 Å². The third-order valence-corrected chi connectivity index (χ3v) is 10.7. The highest BCUT2D eigenvalue weighted by molar-refractivity contribution is 8.03. The van der Waals surface area contributed by atoms with Crippen LogP contribution in [-0.4, -0.2) is 44.0 Å². The van der Waals surface area contributed by atoms with E-state index >= 15 is 0 Å². The standard InChI is InChI=1S/C27H27ClN2O7S4/c1-2-18(15-25-29(10-3-13-40(31,32)33)21-17-19(28)5-7-23(21)38-25)16-26-30(11-4-14-41(34,35)36)27-20-9-12-37-22(20)6-8-24(27)39-26/h5-9,12,15-17H,2-4,10-11,13-14H2,1H3,(H-,31,32,33,34,35,36)/p+1. The fraction of sp³-hybridized carbons (Fsp3) is 0.296. The summed E-state index contributed by atoms with van der Waals surface area (Å²) in [6.07, 6.45) is 6.93. The number of allylic oxidation sites excluding steroid dienone is 2. The number of nitrogens with zero attached hydrogens (tertiary/aromatic N) is 2. The molecule has 0 bridgehead atoms. The Labute approximate surface area is 251 Å². The van der Waals surface area contributed by atoms with Crippen LogP contribution in [0.5, 0.6) is 0 Å². The Morgan fingerprint density at radius 1 is 1.07 bits per heavy atom. The van der Waals surface area contributed by atoms with Crippen molar-refractivity contribution in [3.8, 4) is 0 Å². The molecule has 0 spiro atoms. The van der Waals surface area contributed by atoms with Crippen molar-refractivity contribution in [3.63, 3.8) is 0 Å². The highest BCUT2D eigenvalue weighted by Gasteiger charge is 2.27. The van der Waals surface area contributed by atoms with Gasteiger partial charge in [0.25, 0.3) is 25.2 Å². The minimum atomic E-state index is -4.10. The topological polar surface area (TPSA) is 129 Å². The van der Waals surface area contributed by atoms with Crippen molar-refractivity contribution in [2.24, 2.45) is 0 Å². The van der Waals surface area contributed by atoms with Gasteiger partial charge in [0.15, 0.2) is 6.54 Å². The maximum absolute atomic E-state index is 11.4. The molecule has 0 unspecified atom stereocenters. The smallest absolute Gasteiger partial charge is 0.265 e. The summed E-state index contributed by atoms with van der Waals surface area (Å²) in [6.45, 7) is 2.79. The summed E-state index contributed by atoms with van der Waals surface area (Å²) < 4.78 is 72.8. The van der Waals surface area contributed by atoms with E-state index in [0.717, 1.165) is 47.4 Å². The molecule has 3 heterocycles. The number of hydrogen-bond acceptors (Lipinski definition) is 8. The van der Waals surface area contributed by atoms with Crippen molar-refractivity contribution in [2.45, 2.75) is 37.6 Å². The van der Waals surface area contributed by atoms with Crippen molar-refractivity contribution in [2.75, 3.05) is 23.0 Å². The third-order valence-electron chi connectivity index (χ3n) is 6.61. The van der Waals surface area contributed by atoms with Gasteiger partial charge >= 0.3 is 0 Å². The van der Waals surface area contributed by atoms with Gasteiger partial charge in [-0.05, 0) is 60.9 Å². The molecule has 2 aromatic heterocycles. The molecule has 0 fully saturated rings. The Bertz CT molecular complexity index is 1890. The van der Waals surface area contributed by atoms with Crippen molar-refractivity contribution >= 4 is 87.9 Å². The van der Waals surface area contributed by atoms with E-state index in [1.54, 1.807) is 29.4 Å². The molecule has 0 amide bonds. The number of benzene rings is 2. The number of furan rings is 1. The zero-order valence-corrected chi connectivity index (χ0v) is 26.0. The SMILES string of the molecule is CCC(/C=C1\Sc2ccc(Cl)cc2N1CCCS(=O)(=O)O)=C\c1sc2ccc3occc3c2[n+]1CCCS(=O)(=O)O. The zero-order chi connectivity index (χ0) is 29.4. The maximum Gasteiger partial charge on any atom is 0.265 e. The van der Waals surface area contributed by atoms with Gasteiger partial charge in [-0.1, -0.05) is 41.6 Å². The van der Waals surface area contributed by atoms with Gasteiger partial charge in [-0.25, -0.2) is 0 Å². The molecule has 1 aliphatic heterocycles. The summed E-state index contributed by atoms with van der Waals surface area (Å²) in [6, 6.07) is 11.4. The Morgan fingerprint density at radius 3 is 2.56 bits per heavy atom. The number of hydrogen-bond donors (Lipinski definition) is 2. The van der Waals surface area contributed by atoms with E-state index in [9.17, 15) is 25.9 Å². The fourth-order valence-corrected chi connectivity index (χ4v) is 8.24. The van der Waals surface area contributed by atoms with Gasteiger partial charge in [-0.15, -0.1) is 0 Å². The van der Waals surface area contributed by atoms with Crippen LogP contribution >= 0.6 is 34.7 Å². The number of fused-ring (bicyclic) bond motifs is 4. The van der Waals surface area contributed by atoms with Crippen LogP contribution in [0.2, 0.25) is 5.02 Å². The second kappa shape index (κ2) is 12.1. The second-order valence-electron chi connectivity index (χ2n) is 9.54. The Kier molecular flexibility index (Phi) is 8.86. The Hall–Kier alpha value is -2.39. The average Bonchev–Trinajstić information content (AvgIpc) is 3.58. The summed E-state index contributed by atoms with van der Waals surface area (Å²) in [7, 11) is -8.18. The fourth-order valence-electron chi connectivity index (χ4n) is 4.76. The third kappa shape index (κ3) is 7.16. The van der Waals surface area contributed by atoms with E-state index in [-0.39, 0.29) is 24.3 Å². The molecule has 14 heteroatoms. The normalized spacial score (nSPS) is 15.5. The molecule has 0 saturated carbocycles. The van der Waals surface area contributed by atoms with E-state index in [2.05, 4.69) is 16.7 Å². The summed E-state index contributed by atoms with van der Waals surface area (Å²) in [5, 5.41) is 3.31. The lowest BCUT2D eigenvalue weighted by Gasteiger charge is -2.20. The molecule has 4 aromatic rings. The number of aryl methyl sites for hydroxylation is 1. The van der Waals surface area contributed by atoms with E-state index in [1.165, 1.54) is 0 Å². The molecule has 9 nitrogen and oxygen atoms in total. The lowest BCUT2D eigenvalue weighted by atomic mass is 10.2. The van der Waals surface area contributed by atoms with E-state index in [4.69, 9.17) is 16.0 Å². The van der Waals surface area contributed by atoms with E-state index in [0.29, 0.717) is 24.5 Å². The lowest BCUT2D eigenvalue weighted by molar-refractivity contribution is -0.667. The van der Waals surface area contributed by atoms with Crippen molar-refractivity contribution in [3.05, 3.63) is 69.4 Å². The lowest BCUT2D eigenvalue weighted by Crippen LogP contribution is -2.36. The summed E-state index contributed by atoms with van der Waals surface area (Å²) in [5.74, 6) is -0.690. The molecule has 41 heavy (non-hydrogen) atoms. The van der Waals surface area contributed by atoms with Crippen LogP contribution in [0.4, 0.5) is 5.69 Å². The van der Waals surface area contributed by atoms with Crippen LogP contribution in [0.15, 0.2) is 68.7 Å². The molecule has 0 saturated heterocycles. The molecule has 2 aromatic carbocycles. The van der Waals surface area contributed by atoms with Gasteiger partial charge < -0.3 is 9.32 Å². The monoisotopic (exact) mass is 655 g/mol. The van der Waals surface area contributed by atoms with Gasteiger partial charge in [0.1, 0.15) is 10.3 Å². The first-order chi connectivity index (χ1) is 19.4. The highest BCUT2D eigenvalue weighted by Crippen LogP contribution is 2.47. The van der Waals surface area contributed by atoms with Crippen LogP contribution in [0.1, 0.15) is 31.2 Å². The van der Waals surface area contributed by atoms with Crippen molar-refractivity contribution < 1.29 is 34.9 Å². The van der Waals surface area contributed by atoms with Crippen LogP contribution in [0.25, 0.3) is 27.3 Å². The quantitative estimate of drug-likeness (QED) is 0.139. The zero-order valence-electron chi connectivity index (χ0n) is 22.0. The number of halogens is 1. The number of thioether (sulfide) groups is 1. The summed E-state index contributed by atoms with van der Waals surface area (Å²) >= 11 is 9.42. The van der Waals surface area contributed by atoms with Gasteiger partial charge in [0.2, 0.25) is 5.52 Å². The highest BCUT2D eigenvalue weighted by atomic mass is 35.5. The predicted molar refractivity (Wildman–Crippen MR) is 165 cm³/mol. The summed E-state index contributed by atoms with van der Waals surface area (Å²) in [5.41, 5.74) is 3.55.